The van der Waals surface area contributed by atoms with Crippen molar-refractivity contribution in [1.82, 2.24) is 9.97 Å². The first-order valence-electron chi connectivity index (χ1n) is 8.98. The summed E-state index contributed by atoms with van der Waals surface area (Å²) in [7, 11) is 0. The monoisotopic (exact) mass is 354 g/mol. The van der Waals surface area contributed by atoms with Gasteiger partial charge >= 0.3 is 0 Å². The third-order valence-corrected chi connectivity index (χ3v) is 4.62. The smallest absolute Gasteiger partial charge is 0.274 e. The maximum atomic E-state index is 12.6. The van der Waals surface area contributed by atoms with Crippen molar-refractivity contribution in [2.45, 2.75) is 19.8 Å². The largest absolute Gasteiger partial charge is 0.486 e. The summed E-state index contributed by atoms with van der Waals surface area (Å²) in [6, 6.07) is 6.98. The minimum Gasteiger partial charge on any atom is -0.486 e. The van der Waals surface area contributed by atoms with Gasteiger partial charge in [-0.3, -0.25) is 4.79 Å². The van der Waals surface area contributed by atoms with Gasteiger partial charge in [0.25, 0.3) is 5.91 Å². The summed E-state index contributed by atoms with van der Waals surface area (Å²) in [6.45, 7) is 5.13. The lowest BCUT2D eigenvalue weighted by atomic mass is 10.0. The summed E-state index contributed by atoms with van der Waals surface area (Å²) in [4.78, 5) is 23.5. The van der Waals surface area contributed by atoms with Gasteiger partial charge in [-0.15, -0.1) is 0 Å². The van der Waals surface area contributed by atoms with Crippen molar-refractivity contribution < 1.29 is 14.3 Å². The van der Waals surface area contributed by atoms with Crippen LogP contribution in [0.5, 0.6) is 11.5 Å². The molecule has 1 saturated heterocycles. The first kappa shape index (κ1) is 16.6. The number of piperidine rings is 1. The summed E-state index contributed by atoms with van der Waals surface area (Å²) in [5, 5.41) is 2.86. The minimum atomic E-state index is -0.268. The van der Waals surface area contributed by atoms with E-state index in [1.165, 1.54) is 6.42 Å². The quantitative estimate of drug-likeness (QED) is 0.913. The molecule has 1 amide bonds. The second kappa shape index (κ2) is 7.19. The van der Waals surface area contributed by atoms with E-state index in [9.17, 15) is 4.79 Å². The number of carbonyl (C=O) groups is 1. The number of hydrogen-bond donors (Lipinski definition) is 1. The van der Waals surface area contributed by atoms with Crippen LogP contribution in [0.2, 0.25) is 0 Å². The maximum absolute atomic E-state index is 12.6. The van der Waals surface area contributed by atoms with Gasteiger partial charge < -0.3 is 19.7 Å². The van der Waals surface area contributed by atoms with Gasteiger partial charge in [-0.05, 0) is 37.0 Å². The molecule has 7 heteroatoms. The third kappa shape index (κ3) is 3.56. The molecule has 26 heavy (non-hydrogen) atoms. The molecule has 4 rings (SSSR count). The van der Waals surface area contributed by atoms with E-state index in [1.807, 2.05) is 0 Å². The lowest BCUT2D eigenvalue weighted by molar-refractivity contribution is 0.102. The Kier molecular flexibility index (Phi) is 4.60. The van der Waals surface area contributed by atoms with Gasteiger partial charge in [0, 0.05) is 31.0 Å². The van der Waals surface area contributed by atoms with E-state index in [1.54, 1.807) is 30.5 Å². The molecular formula is C19H22N4O3. The van der Waals surface area contributed by atoms with E-state index in [2.05, 4.69) is 27.1 Å². The van der Waals surface area contributed by atoms with Crippen LogP contribution in [0.1, 0.15) is 30.3 Å². The number of carbonyl (C=O) groups excluding carboxylic acids is 1. The fourth-order valence-corrected chi connectivity index (χ4v) is 3.31. The minimum absolute atomic E-state index is 0.268. The van der Waals surface area contributed by atoms with Gasteiger partial charge in [0.1, 0.15) is 18.9 Å². The first-order valence-corrected chi connectivity index (χ1v) is 8.98. The Morgan fingerprint density at radius 3 is 2.92 bits per heavy atom. The number of hydrogen-bond acceptors (Lipinski definition) is 6. The highest BCUT2D eigenvalue weighted by atomic mass is 16.6. The number of amides is 1. The first-order chi connectivity index (χ1) is 12.7. The molecule has 0 aliphatic carbocycles. The predicted molar refractivity (Wildman–Crippen MR) is 98.0 cm³/mol. The van der Waals surface area contributed by atoms with Crippen LogP contribution in [0.4, 0.5) is 11.6 Å². The molecule has 1 aromatic carbocycles. The molecular weight excluding hydrogens is 332 g/mol. The molecule has 136 valence electrons. The standard InChI is InChI=1S/C19H22N4O3/c1-13-3-2-8-23(12-13)19-20-7-6-15(22-19)18(24)21-14-4-5-16-17(11-14)26-10-9-25-16/h4-7,11,13H,2-3,8-10,12H2,1H3,(H,21,24). The van der Waals surface area contributed by atoms with Crippen molar-refractivity contribution >= 4 is 17.5 Å². The summed E-state index contributed by atoms with van der Waals surface area (Å²) in [6.07, 6.45) is 3.99. The van der Waals surface area contributed by atoms with E-state index in [-0.39, 0.29) is 5.91 Å². The second-order valence-electron chi connectivity index (χ2n) is 6.75. The highest BCUT2D eigenvalue weighted by Crippen LogP contribution is 2.32. The van der Waals surface area contributed by atoms with Gasteiger partial charge in [0.15, 0.2) is 11.5 Å². The molecule has 2 aliphatic rings. The van der Waals surface area contributed by atoms with Crippen molar-refractivity contribution in [1.29, 1.82) is 0 Å². The van der Waals surface area contributed by atoms with Gasteiger partial charge in [0.2, 0.25) is 5.95 Å². The summed E-state index contributed by atoms with van der Waals surface area (Å²) in [5.74, 6) is 2.29. The van der Waals surface area contributed by atoms with E-state index >= 15 is 0 Å². The topological polar surface area (TPSA) is 76.6 Å². The van der Waals surface area contributed by atoms with Crippen LogP contribution < -0.4 is 19.7 Å². The van der Waals surface area contributed by atoms with Gasteiger partial charge in [-0.1, -0.05) is 6.92 Å². The molecule has 1 N–H and O–H groups in total. The van der Waals surface area contributed by atoms with Crippen LogP contribution in [0.3, 0.4) is 0 Å². The number of benzene rings is 1. The van der Waals surface area contributed by atoms with E-state index in [0.717, 1.165) is 19.5 Å². The molecule has 2 aliphatic heterocycles. The summed E-state index contributed by atoms with van der Waals surface area (Å²) >= 11 is 0. The molecule has 7 nitrogen and oxygen atoms in total. The molecule has 0 radical (unpaired) electrons. The number of fused-ring (bicyclic) bond motifs is 1. The molecule has 1 unspecified atom stereocenters. The number of aromatic nitrogens is 2. The Morgan fingerprint density at radius 1 is 1.23 bits per heavy atom. The fraction of sp³-hybridized carbons (Fsp3) is 0.421. The average molecular weight is 354 g/mol. The van der Waals surface area contributed by atoms with Crippen LogP contribution in [-0.4, -0.2) is 42.2 Å². The van der Waals surface area contributed by atoms with E-state index < -0.39 is 0 Å². The van der Waals surface area contributed by atoms with Gasteiger partial charge in [-0.2, -0.15) is 0 Å². The van der Waals surface area contributed by atoms with E-state index in [4.69, 9.17) is 9.47 Å². The summed E-state index contributed by atoms with van der Waals surface area (Å²) < 4.78 is 11.0. The maximum Gasteiger partial charge on any atom is 0.274 e. The Morgan fingerprint density at radius 2 is 2.08 bits per heavy atom. The van der Waals surface area contributed by atoms with E-state index in [0.29, 0.717) is 48.0 Å². The predicted octanol–water partition coefficient (Wildman–Crippen LogP) is 2.74. The van der Waals surface area contributed by atoms with Crippen LogP contribution in [-0.2, 0) is 0 Å². The van der Waals surface area contributed by atoms with Crippen molar-refractivity contribution in [3.8, 4) is 11.5 Å². The lowest BCUT2D eigenvalue weighted by Gasteiger charge is -2.30. The molecule has 3 heterocycles. The Hall–Kier alpha value is -2.83. The van der Waals surface area contributed by atoms with Crippen LogP contribution in [0.15, 0.2) is 30.5 Å². The zero-order chi connectivity index (χ0) is 17.9. The van der Waals surface area contributed by atoms with Crippen molar-refractivity contribution in [3.05, 3.63) is 36.2 Å². The number of rotatable bonds is 3. The highest BCUT2D eigenvalue weighted by Gasteiger charge is 2.20. The molecule has 2 aromatic rings. The molecule has 1 aromatic heterocycles. The summed E-state index contributed by atoms with van der Waals surface area (Å²) in [5.41, 5.74) is 0.995. The molecule has 0 spiro atoms. The number of ether oxygens (including phenoxy) is 2. The van der Waals surface area contributed by atoms with Crippen molar-refractivity contribution in [3.63, 3.8) is 0 Å². The van der Waals surface area contributed by atoms with Gasteiger partial charge in [-0.25, -0.2) is 9.97 Å². The number of nitrogens with one attached hydrogen (secondary N) is 1. The Bertz CT molecular complexity index is 811. The Balaban J connectivity index is 1.49. The zero-order valence-electron chi connectivity index (χ0n) is 14.8. The normalized spacial score (nSPS) is 19.1. The SMILES string of the molecule is CC1CCCN(c2nccc(C(=O)Nc3ccc4c(c3)OCCO4)n2)C1. The highest BCUT2D eigenvalue weighted by molar-refractivity contribution is 6.03. The van der Waals surface area contributed by atoms with Crippen molar-refractivity contribution in [2.75, 3.05) is 36.5 Å². The molecule has 0 saturated carbocycles. The molecule has 1 fully saturated rings. The molecule has 0 bridgehead atoms. The number of nitrogens with zero attached hydrogens (tertiary/aromatic N) is 3. The average Bonchev–Trinajstić information content (AvgIpc) is 2.68. The fourth-order valence-electron chi connectivity index (χ4n) is 3.31. The van der Waals surface area contributed by atoms with Crippen LogP contribution in [0.25, 0.3) is 0 Å². The second-order valence-corrected chi connectivity index (χ2v) is 6.75. The molecule has 1 atom stereocenters. The van der Waals surface area contributed by atoms with Gasteiger partial charge in [0.05, 0.1) is 0 Å². The number of anilines is 2. The van der Waals surface area contributed by atoms with Crippen LogP contribution >= 0.6 is 0 Å². The van der Waals surface area contributed by atoms with Crippen molar-refractivity contribution in [2.24, 2.45) is 5.92 Å². The third-order valence-electron chi connectivity index (χ3n) is 4.62. The lowest BCUT2D eigenvalue weighted by Crippen LogP contribution is -2.35. The zero-order valence-corrected chi connectivity index (χ0v) is 14.8. The van der Waals surface area contributed by atoms with Crippen LogP contribution in [0, 0.1) is 5.92 Å². The Labute approximate surface area is 152 Å².